The van der Waals surface area contributed by atoms with E-state index >= 15 is 0 Å². The topological polar surface area (TPSA) is 89.5 Å². The van der Waals surface area contributed by atoms with Gasteiger partial charge in [0.15, 0.2) is 0 Å². The quantitative estimate of drug-likeness (QED) is 0.360. The molecule has 1 aliphatic heterocycles. The Morgan fingerprint density at radius 1 is 0.722 bits per heavy atom. The highest BCUT2D eigenvalue weighted by Gasteiger charge is 2.57. The van der Waals surface area contributed by atoms with Crippen molar-refractivity contribution in [2.75, 3.05) is 27.4 Å². The summed E-state index contributed by atoms with van der Waals surface area (Å²) in [6, 6.07) is 18.7. The van der Waals surface area contributed by atoms with Gasteiger partial charge in [-0.25, -0.2) is 9.59 Å². The molecule has 1 fully saturated rings. The third kappa shape index (κ3) is 7.11. The third-order valence-electron chi connectivity index (χ3n) is 5.97. The van der Waals surface area contributed by atoms with E-state index in [1.165, 1.54) is 26.4 Å². The van der Waals surface area contributed by atoms with Crippen molar-refractivity contribution in [2.24, 2.45) is 0 Å². The van der Waals surface area contributed by atoms with Crippen molar-refractivity contribution >= 4 is 24.1 Å². The number of ether oxygens (including phenoxy) is 6. The number of methoxy groups -OCH3 is 2. The molecule has 1 aliphatic rings. The molecule has 2 aromatic carbocycles. The fraction of sp³-hybridized carbons (Fsp3) is 0.357. The number of esters is 2. The van der Waals surface area contributed by atoms with Crippen LogP contribution in [-0.2, 0) is 38.0 Å². The Balaban J connectivity index is 1.65. The number of carbonyl (C=O) groups excluding carboxylic acids is 2. The lowest BCUT2D eigenvalue weighted by Gasteiger charge is -2.51. The van der Waals surface area contributed by atoms with Crippen LogP contribution in [0.2, 0.25) is 0 Å². The van der Waals surface area contributed by atoms with Crippen LogP contribution in [0.25, 0.3) is 12.2 Å². The second-order valence-corrected chi connectivity index (χ2v) is 8.36. The molecule has 0 aromatic heterocycles. The molecule has 0 spiro atoms. The summed E-state index contributed by atoms with van der Waals surface area (Å²) in [6.07, 6.45) is 4.38. The van der Waals surface area contributed by atoms with Gasteiger partial charge in [0.2, 0.25) is 11.6 Å². The number of hydrogen-bond donors (Lipinski definition) is 0. The molecule has 8 nitrogen and oxygen atoms in total. The first-order valence-electron chi connectivity index (χ1n) is 11.5. The molecule has 0 amide bonds. The maximum Gasteiger partial charge on any atom is 0.330 e. The molecule has 2 aromatic rings. The van der Waals surface area contributed by atoms with E-state index in [9.17, 15) is 9.59 Å². The predicted molar refractivity (Wildman–Crippen MR) is 133 cm³/mol. The molecular formula is C28H32O8. The van der Waals surface area contributed by atoms with Crippen molar-refractivity contribution in [3.05, 3.63) is 83.9 Å². The van der Waals surface area contributed by atoms with E-state index in [4.69, 9.17) is 28.4 Å². The summed E-state index contributed by atoms with van der Waals surface area (Å²) in [5.74, 6) is -3.73. The Bertz CT molecular complexity index is 966. The number of benzene rings is 2. The molecule has 8 heteroatoms. The van der Waals surface area contributed by atoms with Gasteiger partial charge in [0, 0.05) is 26.4 Å². The largest absolute Gasteiger partial charge is 0.460 e. The van der Waals surface area contributed by atoms with Gasteiger partial charge in [-0.2, -0.15) is 0 Å². The van der Waals surface area contributed by atoms with Crippen LogP contribution in [0, 0.1) is 0 Å². The summed E-state index contributed by atoms with van der Waals surface area (Å²) < 4.78 is 34.2. The first-order chi connectivity index (χ1) is 17.3. The normalized spacial score (nSPS) is 26.2. The fourth-order valence-corrected chi connectivity index (χ4v) is 3.57. The van der Waals surface area contributed by atoms with Crippen molar-refractivity contribution in [3.63, 3.8) is 0 Å². The lowest BCUT2D eigenvalue weighted by atomic mass is 10.0. The van der Waals surface area contributed by atoms with Crippen LogP contribution in [0.4, 0.5) is 0 Å². The van der Waals surface area contributed by atoms with Crippen LogP contribution in [0.3, 0.4) is 0 Å². The summed E-state index contributed by atoms with van der Waals surface area (Å²) in [5, 5.41) is 0. The van der Waals surface area contributed by atoms with Gasteiger partial charge in [0.25, 0.3) is 0 Å². The summed E-state index contributed by atoms with van der Waals surface area (Å²) >= 11 is 0. The monoisotopic (exact) mass is 496 g/mol. The molecule has 0 aliphatic carbocycles. The number of rotatable bonds is 10. The van der Waals surface area contributed by atoms with Crippen LogP contribution in [0.5, 0.6) is 0 Å². The van der Waals surface area contributed by atoms with Gasteiger partial charge >= 0.3 is 11.9 Å². The minimum atomic E-state index is -1.31. The van der Waals surface area contributed by atoms with Crippen LogP contribution < -0.4 is 0 Å². The molecular weight excluding hydrogens is 464 g/mol. The van der Waals surface area contributed by atoms with E-state index in [-0.39, 0.29) is 13.2 Å². The molecule has 1 saturated heterocycles. The van der Waals surface area contributed by atoms with Crippen molar-refractivity contribution in [3.8, 4) is 0 Å². The molecule has 192 valence electrons. The first-order valence-corrected chi connectivity index (χ1v) is 11.5. The van der Waals surface area contributed by atoms with Crippen LogP contribution in [0.15, 0.2) is 72.8 Å². The van der Waals surface area contributed by atoms with Crippen molar-refractivity contribution in [1.82, 2.24) is 0 Å². The zero-order chi connectivity index (χ0) is 26.0. The molecule has 0 saturated carbocycles. The van der Waals surface area contributed by atoms with E-state index < -0.39 is 35.7 Å². The number of carbonyl (C=O) groups is 2. The van der Waals surface area contributed by atoms with Gasteiger partial charge < -0.3 is 28.4 Å². The Morgan fingerprint density at radius 2 is 1.08 bits per heavy atom. The Morgan fingerprint density at radius 3 is 1.42 bits per heavy atom. The highest BCUT2D eigenvalue weighted by molar-refractivity contribution is 5.87. The summed E-state index contributed by atoms with van der Waals surface area (Å²) in [7, 11) is 2.92. The Hall–Kier alpha value is -3.30. The van der Waals surface area contributed by atoms with E-state index in [1.807, 2.05) is 60.7 Å². The van der Waals surface area contributed by atoms with Gasteiger partial charge in [-0.3, -0.25) is 0 Å². The van der Waals surface area contributed by atoms with Crippen molar-refractivity contribution in [1.29, 1.82) is 0 Å². The summed E-state index contributed by atoms with van der Waals surface area (Å²) in [4.78, 5) is 24.6. The SMILES string of the molecule is CO[C@]1(C)O[C@@H](COC(=O)/C=C/c2ccccc2)[C@H](COC(=O)/C=C/c2ccccc2)O[C@@]1(C)OC. The van der Waals surface area contributed by atoms with Crippen molar-refractivity contribution in [2.45, 2.75) is 37.6 Å². The van der Waals surface area contributed by atoms with E-state index in [2.05, 4.69) is 0 Å². The molecule has 4 atom stereocenters. The minimum Gasteiger partial charge on any atom is -0.460 e. The lowest BCUT2D eigenvalue weighted by Crippen LogP contribution is -2.66. The lowest BCUT2D eigenvalue weighted by molar-refractivity contribution is -0.451. The average Bonchev–Trinajstić information content (AvgIpc) is 2.91. The molecule has 0 unspecified atom stereocenters. The van der Waals surface area contributed by atoms with Gasteiger partial charge in [-0.15, -0.1) is 0 Å². The maximum absolute atomic E-state index is 12.3. The highest BCUT2D eigenvalue weighted by Crippen LogP contribution is 2.39. The summed E-state index contributed by atoms with van der Waals surface area (Å²) in [5.41, 5.74) is 1.73. The molecule has 36 heavy (non-hydrogen) atoms. The molecule has 3 rings (SSSR count). The van der Waals surface area contributed by atoms with E-state index in [0.29, 0.717) is 0 Å². The predicted octanol–water partition coefficient (Wildman–Crippen LogP) is 4.01. The van der Waals surface area contributed by atoms with Crippen LogP contribution >= 0.6 is 0 Å². The Labute approximate surface area is 211 Å². The summed E-state index contributed by atoms with van der Waals surface area (Å²) in [6.45, 7) is 3.01. The number of hydrogen-bond acceptors (Lipinski definition) is 8. The van der Waals surface area contributed by atoms with Gasteiger partial charge in [0.1, 0.15) is 25.4 Å². The third-order valence-corrected chi connectivity index (χ3v) is 5.97. The second kappa shape index (κ2) is 12.6. The average molecular weight is 497 g/mol. The van der Waals surface area contributed by atoms with Crippen LogP contribution in [-0.4, -0.2) is 63.2 Å². The van der Waals surface area contributed by atoms with Crippen LogP contribution in [0.1, 0.15) is 25.0 Å². The van der Waals surface area contributed by atoms with Gasteiger partial charge in [-0.1, -0.05) is 60.7 Å². The van der Waals surface area contributed by atoms with E-state index in [0.717, 1.165) is 11.1 Å². The van der Waals surface area contributed by atoms with Crippen molar-refractivity contribution < 1.29 is 38.0 Å². The van der Waals surface area contributed by atoms with Gasteiger partial charge in [-0.05, 0) is 37.1 Å². The fourth-order valence-electron chi connectivity index (χ4n) is 3.57. The Kier molecular flexibility index (Phi) is 9.55. The minimum absolute atomic E-state index is 0.154. The molecule has 0 bridgehead atoms. The smallest absolute Gasteiger partial charge is 0.330 e. The maximum atomic E-state index is 12.3. The molecule has 0 N–H and O–H groups in total. The highest BCUT2D eigenvalue weighted by atomic mass is 16.8. The van der Waals surface area contributed by atoms with E-state index in [1.54, 1.807) is 26.0 Å². The van der Waals surface area contributed by atoms with Gasteiger partial charge in [0.05, 0.1) is 0 Å². The molecule has 1 heterocycles. The molecule has 0 radical (unpaired) electrons. The first kappa shape index (κ1) is 27.3. The zero-order valence-electron chi connectivity index (χ0n) is 20.9. The second-order valence-electron chi connectivity index (χ2n) is 8.36. The zero-order valence-corrected chi connectivity index (χ0v) is 20.9. The standard InChI is InChI=1S/C28H32O8/c1-27(31-3)28(2,32-4)36-24(20-34-26(30)18-16-22-13-9-6-10-14-22)23(35-27)19-33-25(29)17-15-21-11-7-5-8-12-21/h5-18,23-24H,19-20H2,1-4H3/b17-15+,18-16+/t23-,24-,27+,28+/m0/s1.